The van der Waals surface area contributed by atoms with Crippen LogP contribution in [0, 0.1) is 5.92 Å². The van der Waals surface area contributed by atoms with Gasteiger partial charge < -0.3 is 10.4 Å². The maximum absolute atomic E-state index is 12.1. The monoisotopic (exact) mass is 263 g/mol. The molecule has 2 atom stereocenters. The Morgan fingerprint density at radius 2 is 2.05 bits per heavy atom. The average Bonchev–Trinajstić information content (AvgIpc) is 2.39. The van der Waals surface area contributed by atoms with E-state index in [1.807, 2.05) is 0 Å². The minimum absolute atomic E-state index is 0.323. The highest BCUT2D eigenvalue weighted by Crippen LogP contribution is 2.34. The van der Waals surface area contributed by atoms with Gasteiger partial charge in [0.2, 0.25) is 0 Å². The molecule has 1 saturated carbocycles. The molecule has 1 heterocycles. The lowest BCUT2D eigenvalue weighted by Gasteiger charge is -2.39. The maximum atomic E-state index is 12.1. The summed E-state index contributed by atoms with van der Waals surface area (Å²) in [5.74, 6) is -1.72. The van der Waals surface area contributed by atoms with Gasteiger partial charge in [0, 0.05) is 12.4 Å². The number of hydrogen-bond acceptors (Lipinski definition) is 4. The van der Waals surface area contributed by atoms with Crippen molar-refractivity contribution in [2.75, 3.05) is 0 Å². The lowest BCUT2D eigenvalue weighted by atomic mass is 9.74. The molecule has 0 aromatic carbocycles. The zero-order valence-corrected chi connectivity index (χ0v) is 10.8. The first kappa shape index (κ1) is 13.5. The molecular formula is C13H17N3O3. The molecule has 0 spiro atoms. The van der Waals surface area contributed by atoms with Crippen molar-refractivity contribution in [1.82, 2.24) is 15.3 Å². The summed E-state index contributed by atoms with van der Waals surface area (Å²) >= 11 is 0. The Balaban J connectivity index is 2.15. The zero-order valence-electron chi connectivity index (χ0n) is 10.8. The maximum Gasteiger partial charge on any atom is 0.308 e. The zero-order chi connectivity index (χ0) is 13.9. The normalized spacial score (nSPS) is 26.7. The van der Waals surface area contributed by atoms with Gasteiger partial charge in [0.1, 0.15) is 6.33 Å². The Morgan fingerprint density at radius 3 is 2.68 bits per heavy atom. The van der Waals surface area contributed by atoms with E-state index < -0.39 is 17.4 Å². The van der Waals surface area contributed by atoms with E-state index in [1.54, 1.807) is 6.92 Å². The number of aromatic nitrogens is 2. The smallest absolute Gasteiger partial charge is 0.308 e. The van der Waals surface area contributed by atoms with Gasteiger partial charge in [-0.2, -0.15) is 0 Å². The Hall–Kier alpha value is -1.98. The van der Waals surface area contributed by atoms with Gasteiger partial charge in [0.25, 0.3) is 5.91 Å². The van der Waals surface area contributed by atoms with Crippen LogP contribution in [0.3, 0.4) is 0 Å². The van der Waals surface area contributed by atoms with E-state index in [1.165, 1.54) is 18.7 Å². The third-order valence-electron chi connectivity index (χ3n) is 3.73. The predicted octanol–water partition coefficient (Wildman–Crippen LogP) is 1.24. The Morgan fingerprint density at radius 1 is 1.37 bits per heavy atom. The van der Waals surface area contributed by atoms with Crippen molar-refractivity contribution in [1.29, 1.82) is 0 Å². The second-order valence-electron chi connectivity index (χ2n) is 5.14. The predicted molar refractivity (Wildman–Crippen MR) is 67.5 cm³/mol. The molecule has 1 aliphatic rings. The van der Waals surface area contributed by atoms with Crippen molar-refractivity contribution in [3.05, 3.63) is 24.3 Å². The minimum Gasteiger partial charge on any atom is -0.481 e. The highest BCUT2D eigenvalue weighted by molar-refractivity contribution is 5.94. The van der Waals surface area contributed by atoms with Crippen LogP contribution in [0.15, 0.2) is 18.7 Å². The molecule has 1 fully saturated rings. The molecular weight excluding hydrogens is 246 g/mol. The third-order valence-corrected chi connectivity index (χ3v) is 3.73. The van der Waals surface area contributed by atoms with Crippen molar-refractivity contribution in [2.24, 2.45) is 5.92 Å². The molecule has 1 amide bonds. The molecule has 19 heavy (non-hydrogen) atoms. The van der Waals surface area contributed by atoms with Gasteiger partial charge >= 0.3 is 5.97 Å². The number of hydrogen-bond donors (Lipinski definition) is 2. The first-order chi connectivity index (χ1) is 9.03. The van der Waals surface area contributed by atoms with E-state index >= 15 is 0 Å². The number of carboxylic acid groups (broad SMARTS) is 1. The molecule has 6 heteroatoms. The second-order valence-corrected chi connectivity index (χ2v) is 5.14. The van der Waals surface area contributed by atoms with E-state index in [0.717, 1.165) is 12.8 Å². The molecule has 1 aromatic heterocycles. The summed E-state index contributed by atoms with van der Waals surface area (Å²) in [6.07, 6.45) is 7.26. The van der Waals surface area contributed by atoms with Gasteiger partial charge in [-0.3, -0.25) is 9.59 Å². The largest absolute Gasteiger partial charge is 0.481 e. The number of nitrogens with one attached hydrogen (secondary N) is 1. The Bertz CT molecular complexity index is 477. The van der Waals surface area contributed by atoms with E-state index in [9.17, 15) is 14.7 Å². The fourth-order valence-corrected chi connectivity index (χ4v) is 2.63. The van der Waals surface area contributed by atoms with Gasteiger partial charge in [-0.05, 0) is 19.8 Å². The van der Waals surface area contributed by atoms with Crippen LogP contribution in [-0.2, 0) is 4.79 Å². The lowest BCUT2D eigenvalue weighted by molar-refractivity contribution is -0.145. The SMILES string of the molecule is CC1(NC(=O)c2cncnc2)CCCCC1C(=O)O. The van der Waals surface area contributed by atoms with Crippen molar-refractivity contribution in [3.63, 3.8) is 0 Å². The summed E-state index contributed by atoms with van der Waals surface area (Å²) < 4.78 is 0. The van der Waals surface area contributed by atoms with Crippen LogP contribution in [0.25, 0.3) is 0 Å². The average molecular weight is 263 g/mol. The van der Waals surface area contributed by atoms with E-state index in [4.69, 9.17) is 0 Å². The van der Waals surface area contributed by atoms with Crippen LogP contribution >= 0.6 is 0 Å². The van der Waals surface area contributed by atoms with Gasteiger partial charge in [0.05, 0.1) is 17.0 Å². The summed E-state index contributed by atoms with van der Waals surface area (Å²) in [5.41, 5.74) is -0.366. The van der Waals surface area contributed by atoms with Crippen LogP contribution < -0.4 is 5.32 Å². The van der Waals surface area contributed by atoms with Gasteiger partial charge in [0.15, 0.2) is 0 Å². The Labute approximate surface area is 111 Å². The van der Waals surface area contributed by atoms with Crippen LogP contribution in [0.2, 0.25) is 0 Å². The quantitative estimate of drug-likeness (QED) is 0.856. The van der Waals surface area contributed by atoms with E-state index in [2.05, 4.69) is 15.3 Å². The standard InChI is InChI=1S/C13H17N3O3/c1-13(5-3-2-4-10(13)12(18)19)16-11(17)9-6-14-8-15-7-9/h6-8,10H,2-5H2,1H3,(H,16,17)(H,18,19). The highest BCUT2D eigenvalue weighted by atomic mass is 16.4. The fourth-order valence-electron chi connectivity index (χ4n) is 2.63. The number of amides is 1. The van der Waals surface area contributed by atoms with Crippen LogP contribution in [-0.4, -0.2) is 32.5 Å². The summed E-state index contributed by atoms with van der Waals surface area (Å²) in [5, 5.41) is 12.1. The number of rotatable bonds is 3. The number of aliphatic carboxylic acids is 1. The molecule has 0 saturated heterocycles. The number of carbonyl (C=O) groups excluding carboxylic acids is 1. The molecule has 2 rings (SSSR count). The van der Waals surface area contributed by atoms with Crippen molar-refractivity contribution in [3.8, 4) is 0 Å². The summed E-state index contributed by atoms with van der Waals surface area (Å²) in [4.78, 5) is 31.0. The minimum atomic E-state index is -0.855. The Kier molecular flexibility index (Phi) is 3.78. The van der Waals surface area contributed by atoms with Gasteiger partial charge in [-0.15, -0.1) is 0 Å². The first-order valence-corrected chi connectivity index (χ1v) is 6.33. The molecule has 0 aliphatic heterocycles. The molecule has 2 N–H and O–H groups in total. The summed E-state index contributed by atoms with van der Waals surface area (Å²) in [6, 6.07) is 0. The molecule has 6 nitrogen and oxygen atoms in total. The van der Waals surface area contributed by atoms with E-state index in [0.29, 0.717) is 18.4 Å². The van der Waals surface area contributed by atoms with Crippen LogP contribution in [0.4, 0.5) is 0 Å². The lowest BCUT2D eigenvalue weighted by Crippen LogP contribution is -2.55. The van der Waals surface area contributed by atoms with Crippen LogP contribution in [0.1, 0.15) is 43.0 Å². The van der Waals surface area contributed by atoms with Crippen molar-refractivity contribution in [2.45, 2.75) is 38.1 Å². The highest BCUT2D eigenvalue weighted by Gasteiger charge is 2.42. The van der Waals surface area contributed by atoms with E-state index in [-0.39, 0.29) is 5.91 Å². The second kappa shape index (κ2) is 5.34. The number of nitrogens with zero attached hydrogens (tertiary/aromatic N) is 2. The van der Waals surface area contributed by atoms with Crippen molar-refractivity contribution < 1.29 is 14.7 Å². The van der Waals surface area contributed by atoms with Crippen molar-refractivity contribution >= 4 is 11.9 Å². The summed E-state index contributed by atoms with van der Waals surface area (Å²) in [7, 11) is 0. The summed E-state index contributed by atoms with van der Waals surface area (Å²) in [6.45, 7) is 1.80. The first-order valence-electron chi connectivity index (χ1n) is 6.33. The molecule has 0 radical (unpaired) electrons. The fraction of sp³-hybridized carbons (Fsp3) is 0.538. The van der Waals surface area contributed by atoms with Gasteiger partial charge in [-0.1, -0.05) is 12.8 Å². The molecule has 0 bridgehead atoms. The third kappa shape index (κ3) is 2.89. The molecule has 102 valence electrons. The van der Waals surface area contributed by atoms with Gasteiger partial charge in [-0.25, -0.2) is 9.97 Å². The number of carboxylic acids is 1. The number of carbonyl (C=O) groups is 2. The molecule has 2 unspecified atom stereocenters. The molecule has 1 aromatic rings. The molecule has 1 aliphatic carbocycles. The van der Waals surface area contributed by atoms with Crippen LogP contribution in [0.5, 0.6) is 0 Å². The topological polar surface area (TPSA) is 92.2 Å².